The van der Waals surface area contributed by atoms with Crippen LogP contribution in [-0.4, -0.2) is 81.1 Å². The topological polar surface area (TPSA) is 159 Å². The van der Waals surface area contributed by atoms with Gasteiger partial charge in [0.15, 0.2) is 17.0 Å². The third-order valence-electron chi connectivity index (χ3n) is 10.6. The second-order valence-corrected chi connectivity index (χ2v) is 13.6. The molecule has 55 heavy (non-hydrogen) atoms. The Kier molecular flexibility index (Phi) is 9.74. The minimum absolute atomic E-state index is 0.174. The number of nitrogens with one attached hydrogen (secondary N) is 2. The molecule has 13 nitrogen and oxygen atoms in total. The average Bonchev–Trinajstić information content (AvgIpc) is 3.68. The number of hydrogen-bond acceptors (Lipinski definition) is 10. The zero-order valence-electron chi connectivity index (χ0n) is 30.3. The summed E-state index contributed by atoms with van der Waals surface area (Å²) in [4.78, 5) is 40.1. The molecule has 2 aromatic heterocycles. The van der Waals surface area contributed by atoms with Crippen molar-refractivity contribution < 1.29 is 33.6 Å². The van der Waals surface area contributed by atoms with Crippen molar-refractivity contribution >= 4 is 28.8 Å². The number of fused-ring (bicyclic) bond motifs is 3. The van der Waals surface area contributed by atoms with Crippen LogP contribution in [0.5, 0.6) is 11.5 Å². The van der Waals surface area contributed by atoms with Gasteiger partial charge >= 0.3 is 0 Å². The van der Waals surface area contributed by atoms with E-state index in [2.05, 4.69) is 25.6 Å². The third kappa shape index (κ3) is 6.56. The van der Waals surface area contributed by atoms with Gasteiger partial charge in [-0.1, -0.05) is 72.8 Å². The number of anilines is 1. The van der Waals surface area contributed by atoms with E-state index in [0.717, 1.165) is 16.7 Å². The van der Waals surface area contributed by atoms with E-state index in [9.17, 15) is 14.7 Å². The first kappa shape index (κ1) is 35.9. The zero-order chi connectivity index (χ0) is 38.0. The number of imidazole rings is 1. The van der Waals surface area contributed by atoms with Gasteiger partial charge in [0.1, 0.15) is 36.1 Å². The number of ether oxygens (including phenoxy) is 4. The number of amides is 2. The molecule has 2 bridgehead atoms. The lowest BCUT2D eigenvalue weighted by atomic mass is 9.78. The van der Waals surface area contributed by atoms with E-state index in [-0.39, 0.29) is 24.2 Å². The first-order chi connectivity index (χ1) is 26.8. The normalized spacial score (nSPS) is 20.5. The molecule has 2 aliphatic rings. The predicted molar refractivity (Wildman–Crippen MR) is 203 cm³/mol. The minimum Gasteiger partial charge on any atom is -0.497 e. The molecule has 1 saturated heterocycles. The highest BCUT2D eigenvalue weighted by Crippen LogP contribution is 2.49. The van der Waals surface area contributed by atoms with Gasteiger partial charge in [-0.05, 0) is 59.5 Å². The number of aliphatic hydroxyl groups is 1. The van der Waals surface area contributed by atoms with Gasteiger partial charge in [-0.25, -0.2) is 15.0 Å². The molecule has 13 heteroatoms. The summed E-state index contributed by atoms with van der Waals surface area (Å²) in [7, 11) is 3.24. The van der Waals surface area contributed by atoms with Crippen LogP contribution in [0.1, 0.15) is 39.9 Å². The summed E-state index contributed by atoms with van der Waals surface area (Å²) in [6, 6.07) is 34.1. The summed E-state index contributed by atoms with van der Waals surface area (Å²) in [6.45, 7) is 0.143. The molecule has 0 spiro atoms. The van der Waals surface area contributed by atoms with Crippen LogP contribution in [0.25, 0.3) is 11.2 Å². The van der Waals surface area contributed by atoms with Crippen molar-refractivity contribution in [3.63, 3.8) is 0 Å². The zero-order valence-corrected chi connectivity index (χ0v) is 30.3. The Morgan fingerprint density at radius 2 is 1.47 bits per heavy atom. The Morgan fingerprint density at radius 3 is 2.11 bits per heavy atom. The molecule has 3 heterocycles. The van der Waals surface area contributed by atoms with Crippen LogP contribution in [0.15, 0.2) is 122 Å². The number of carbonyl (C=O) groups is 2. The summed E-state index contributed by atoms with van der Waals surface area (Å²) in [5, 5.41) is 17.9. The number of carbonyl (C=O) groups excluding carboxylic acids is 2. The van der Waals surface area contributed by atoms with Crippen LogP contribution in [0.2, 0.25) is 0 Å². The van der Waals surface area contributed by atoms with Crippen LogP contribution < -0.4 is 20.1 Å². The van der Waals surface area contributed by atoms with E-state index in [4.69, 9.17) is 18.9 Å². The van der Waals surface area contributed by atoms with Gasteiger partial charge in [-0.15, -0.1) is 0 Å². The monoisotopic (exact) mass is 740 g/mol. The Balaban J connectivity index is 1.14. The largest absolute Gasteiger partial charge is 0.497 e. The Bertz CT molecular complexity index is 2240. The quantitative estimate of drug-likeness (QED) is 0.148. The molecule has 0 radical (unpaired) electrons. The van der Waals surface area contributed by atoms with Gasteiger partial charge in [0, 0.05) is 18.6 Å². The maximum Gasteiger partial charge on any atom is 0.256 e. The molecule has 4 atom stereocenters. The summed E-state index contributed by atoms with van der Waals surface area (Å²) < 4.78 is 26.1. The van der Waals surface area contributed by atoms with Gasteiger partial charge in [-0.3, -0.25) is 9.59 Å². The molecular formula is C42H40N6O7. The minimum atomic E-state index is -1.21. The highest BCUT2D eigenvalue weighted by molar-refractivity contribution is 6.06. The molecule has 280 valence electrons. The van der Waals surface area contributed by atoms with Crippen LogP contribution in [-0.2, 0) is 26.4 Å². The van der Waals surface area contributed by atoms with Crippen LogP contribution in [0.4, 0.5) is 5.82 Å². The molecule has 1 aliphatic carbocycles. The molecule has 2 amide bonds. The molecule has 1 aliphatic heterocycles. The van der Waals surface area contributed by atoms with Crippen molar-refractivity contribution in [3.8, 4) is 11.5 Å². The van der Waals surface area contributed by atoms with E-state index in [0.29, 0.717) is 47.7 Å². The number of rotatable bonds is 12. The summed E-state index contributed by atoms with van der Waals surface area (Å²) >= 11 is 0. The SMILES string of the molecule is COc1ccc(C(O[C@@H]2C[C@@H]3OCC[C@]2(NC(=O)Cn2cnc4c(NC(=O)c5ccccc5)ncnc42)[C@@H]3O)(c2ccccc2)c2ccc(OC)cc2)cc1. The second kappa shape index (κ2) is 14.9. The highest BCUT2D eigenvalue weighted by atomic mass is 16.5. The van der Waals surface area contributed by atoms with Gasteiger partial charge in [0.2, 0.25) is 5.91 Å². The Morgan fingerprint density at radius 1 is 0.855 bits per heavy atom. The smallest absolute Gasteiger partial charge is 0.256 e. The predicted octanol–water partition coefficient (Wildman–Crippen LogP) is 4.88. The van der Waals surface area contributed by atoms with E-state index in [1.165, 1.54) is 12.7 Å². The number of methoxy groups -OCH3 is 2. The van der Waals surface area contributed by atoms with E-state index < -0.39 is 29.5 Å². The number of aliphatic hydroxyl groups excluding tert-OH is 1. The summed E-state index contributed by atoms with van der Waals surface area (Å²) in [5.74, 6) is 0.860. The van der Waals surface area contributed by atoms with Gasteiger partial charge in [0.05, 0.1) is 38.3 Å². The lowest BCUT2D eigenvalue weighted by Crippen LogP contribution is -2.65. The van der Waals surface area contributed by atoms with Crippen molar-refractivity contribution in [2.45, 2.75) is 48.8 Å². The maximum absolute atomic E-state index is 14.2. The first-order valence-electron chi connectivity index (χ1n) is 18.0. The fraction of sp³-hybridized carbons (Fsp3) is 0.262. The third-order valence-corrected chi connectivity index (χ3v) is 10.6. The Hall–Kier alpha value is -6.15. The van der Waals surface area contributed by atoms with Crippen molar-refractivity contribution in [2.75, 3.05) is 26.1 Å². The standard InChI is InChI=1S/C42H40N6O7/c1-52-31-17-13-29(14-18-31)42(28-11-7-4-8-12-28,30-15-19-32(53-2)20-16-30)55-34-23-33-37(50)41(34,21-22-54-33)47-35(49)24-48-26-45-36-38(43-25-44-39(36)48)46-40(51)27-9-5-3-6-10-27/h3-20,25-26,33-34,37,50H,21-24H2,1-2H3,(H,47,49)(H,43,44,46,51)/t33-,34+,37+,41+/m0/s1. The number of aromatic nitrogens is 4. The number of hydrogen-bond donors (Lipinski definition) is 3. The van der Waals surface area contributed by atoms with Crippen molar-refractivity contribution in [3.05, 3.63) is 144 Å². The number of nitrogens with zero attached hydrogens (tertiary/aromatic N) is 4. The van der Waals surface area contributed by atoms with Crippen LogP contribution in [0.3, 0.4) is 0 Å². The van der Waals surface area contributed by atoms with E-state index >= 15 is 0 Å². The summed E-state index contributed by atoms with van der Waals surface area (Å²) in [5.41, 5.74) is 1.24. The summed E-state index contributed by atoms with van der Waals surface area (Å²) in [6.07, 6.45) is 1.09. The molecule has 3 N–H and O–H groups in total. The average molecular weight is 741 g/mol. The van der Waals surface area contributed by atoms with Crippen LogP contribution >= 0.6 is 0 Å². The number of benzene rings is 4. The maximum atomic E-state index is 14.2. The van der Waals surface area contributed by atoms with Gasteiger partial charge in [0.25, 0.3) is 5.91 Å². The fourth-order valence-corrected chi connectivity index (χ4v) is 7.84. The van der Waals surface area contributed by atoms with Gasteiger partial charge in [-0.2, -0.15) is 0 Å². The molecular weight excluding hydrogens is 700 g/mol. The van der Waals surface area contributed by atoms with Crippen molar-refractivity contribution in [2.24, 2.45) is 0 Å². The Labute approximate surface area is 317 Å². The van der Waals surface area contributed by atoms with Crippen molar-refractivity contribution in [1.82, 2.24) is 24.8 Å². The second-order valence-electron chi connectivity index (χ2n) is 13.6. The molecule has 4 aromatic carbocycles. The molecule has 2 fully saturated rings. The molecule has 8 rings (SSSR count). The van der Waals surface area contributed by atoms with Gasteiger partial charge < -0.3 is 39.3 Å². The lowest BCUT2D eigenvalue weighted by Gasteiger charge is -2.45. The highest BCUT2D eigenvalue weighted by Gasteiger charge is 2.61. The van der Waals surface area contributed by atoms with E-state index in [1.807, 2.05) is 84.9 Å². The van der Waals surface area contributed by atoms with Crippen LogP contribution in [0, 0.1) is 0 Å². The van der Waals surface area contributed by atoms with Crippen molar-refractivity contribution in [1.29, 1.82) is 0 Å². The molecule has 6 aromatic rings. The van der Waals surface area contributed by atoms with E-state index in [1.54, 1.807) is 43.1 Å². The lowest BCUT2D eigenvalue weighted by molar-refractivity contribution is -0.143. The molecule has 0 unspecified atom stereocenters. The molecule has 1 saturated carbocycles. The fourth-order valence-electron chi connectivity index (χ4n) is 7.84. The first-order valence-corrected chi connectivity index (χ1v) is 18.0.